The van der Waals surface area contributed by atoms with Gasteiger partial charge in [0.2, 0.25) is 0 Å². The van der Waals surface area contributed by atoms with E-state index in [1.54, 1.807) is 0 Å². The Kier molecular flexibility index (Phi) is 9.06. The normalized spacial score (nSPS) is 21.7. The Morgan fingerprint density at radius 1 is 1.09 bits per heavy atom. The minimum atomic E-state index is -4.48. The van der Waals surface area contributed by atoms with Crippen molar-refractivity contribution in [3.8, 4) is 0 Å². The van der Waals surface area contributed by atoms with E-state index in [-0.39, 0.29) is 24.8 Å². The average Bonchev–Trinajstić information content (AvgIpc) is 2.66. The molecule has 0 aliphatic carbocycles. The smallest absolute Gasteiger partial charge is 0.416 e. The largest absolute Gasteiger partial charge is 0.481 e. The minimum absolute atomic E-state index is 0.0624. The lowest BCUT2D eigenvalue weighted by Crippen LogP contribution is -2.45. The second-order valence-electron chi connectivity index (χ2n) is 10.3. The fourth-order valence-electron chi connectivity index (χ4n) is 4.55. The summed E-state index contributed by atoms with van der Waals surface area (Å²) in [5.74, 6) is -1.13. The van der Waals surface area contributed by atoms with Crippen molar-refractivity contribution in [3.05, 3.63) is 35.4 Å². The van der Waals surface area contributed by atoms with E-state index in [1.807, 2.05) is 4.90 Å². The lowest BCUT2D eigenvalue weighted by Gasteiger charge is -2.45. The summed E-state index contributed by atoms with van der Waals surface area (Å²) < 4.78 is 78.2. The molecule has 2 rings (SSSR count). The number of rotatable bonds is 9. The van der Waals surface area contributed by atoms with Gasteiger partial charge in [0.05, 0.1) is 5.56 Å². The number of aliphatic carboxylic acids is 1. The maximum atomic E-state index is 13.1. The Labute approximate surface area is 192 Å². The molecule has 3 unspecified atom stereocenters. The van der Waals surface area contributed by atoms with Gasteiger partial charge in [-0.2, -0.15) is 26.3 Å². The van der Waals surface area contributed by atoms with Crippen LogP contribution in [0.15, 0.2) is 24.3 Å². The number of piperidine rings is 1. The number of likely N-dealkylation sites (tertiary alicyclic amines) is 1. The number of halogens is 6. The molecule has 1 aromatic carbocycles. The van der Waals surface area contributed by atoms with E-state index < -0.39 is 44.4 Å². The summed E-state index contributed by atoms with van der Waals surface area (Å²) in [5, 5.41) is 9.21. The first-order valence-corrected chi connectivity index (χ1v) is 15.0. The van der Waals surface area contributed by atoms with Crippen molar-refractivity contribution in [1.82, 2.24) is 4.90 Å². The van der Waals surface area contributed by atoms with Gasteiger partial charge in [0, 0.05) is 33.0 Å². The second-order valence-corrected chi connectivity index (χ2v) is 15.9. The van der Waals surface area contributed by atoms with Crippen LogP contribution in [0.25, 0.3) is 0 Å². The predicted octanol–water partition coefficient (Wildman–Crippen LogP) is 7.37. The maximum absolute atomic E-state index is 13.1. The van der Waals surface area contributed by atoms with Crippen LogP contribution in [-0.4, -0.2) is 42.8 Å². The molecule has 0 aromatic heterocycles. The molecule has 0 radical (unpaired) electrons. The summed E-state index contributed by atoms with van der Waals surface area (Å²) in [4.78, 5) is 13.2. The fourth-order valence-corrected chi connectivity index (χ4v) is 5.75. The highest BCUT2D eigenvalue weighted by atomic mass is 28.3. The zero-order valence-corrected chi connectivity index (χ0v) is 20.3. The van der Waals surface area contributed by atoms with Gasteiger partial charge in [-0.05, 0) is 55.8 Å². The summed E-state index contributed by atoms with van der Waals surface area (Å²) in [6.07, 6.45) is -8.30. The number of carboxylic acids is 1. The summed E-state index contributed by atoms with van der Waals surface area (Å²) in [6, 6.07) is 4.79. The van der Waals surface area contributed by atoms with Crippen molar-refractivity contribution in [1.29, 1.82) is 0 Å². The van der Waals surface area contributed by atoms with Crippen LogP contribution in [-0.2, 0) is 11.0 Å². The molecule has 1 N–H and O–H groups in total. The summed E-state index contributed by atoms with van der Waals surface area (Å²) in [5.41, 5.74) is -0.203. The van der Waals surface area contributed by atoms with Crippen LogP contribution in [0.2, 0.25) is 25.7 Å². The molecule has 0 amide bonds. The lowest BCUT2D eigenvalue weighted by atomic mass is 9.83. The summed E-state index contributed by atoms with van der Waals surface area (Å²) >= 11 is 0. The van der Waals surface area contributed by atoms with Gasteiger partial charge in [0.15, 0.2) is 0 Å². The van der Waals surface area contributed by atoms with E-state index in [2.05, 4.69) is 19.6 Å². The first kappa shape index (κ1) is 27.7. The molecule has 1 aliphatic rings. The third-order valence-electron chi connectivity index (χ3n) is 6.30. The van der Waals surface area contributed by atoms with Crippen LogP contribution < -0.4 is 0 Å². The van der Waals surface area contributed by atoms with Crippen LogP contribution in [0.1, 0.15) is 55.7 Å². The van der Waals surface area contributed by atoms with Crippen molar-refractivity contribution in [2.45, 2.75) is 88.6 Å². The van der Waals surface area contributed by atoms with Crippen LogP contribution in [0.4, 0.5) is 26.3 Å². The Balaban J connectivity index is 2.35. The van der Waals surface area contributed by atoms with Crippen molar-refractivity contribution >= 4 is 14.0 Å². The van der Waals surface area contributed by atoms with E-state index in [4.69, 9.17) is 0 Å². The predicted molar refractivity (Wildman–Crippen MR) is 118 cm³/mol. The summed E-state index contributed by atoms with van der Waals surface area (Å²) in [7, 11) is -1.53. The standard InChI is InChI=1S/C23H33F6NO2Si/c1-33(2,3)13-10-19(8-11-22(24,25)26)30-12-9-16(15-21(31)32)14-20(30)17-4-6-18(7-5-17)23(27,28)29/h4-7,16,19-20H,8-15H2,1-3H3,(H,31,32). The molecular formula is C23H33F6NO2Si. The third-order valence-corrected chi connectivity index (χ3v) is 8.08. The maximum Gasteiger partial charge on any atom is 0.416 e. The number of alkyl halides is 6. The van der Waals surface area contributed by atoms with Crippen molar-refractivity contribution in [2.75, 3.05) is 6.54 Å². The Hall–Kier alpha value is -1.55. The van der Waals surface area contributed by atoms with Crippen LogP contribution in [0, 0.1) is 5.92 Å². The SMILES string of the molecule is C[Si](C)(C)CCC(CCC(F)(F)F)N1CCC(CC(=O)O)CC1c1ccc(C(F)(F)F)cc1. The first-order valence-electron chi connectivity index (χ1n) is 11.3. The number of carboxylic acid groups (broad SMARTS) is 1. The molecular weight excluding hydrogens is 464 g/mol. The van der Waals surface area contributed by atoms with Gasteiger partial charge in [0.1, 0.15) is 0 Å². The van der Waals surface area contributed by atoms with Crippen LogP contribution in [0.3, 0.4) is 0 Å². The highest BCUT2D eigenvalue weighted by Crippen LogP contribution is 2.41. The Bertz CT molecular complexity index is 755. The number of hydrogen-bond acceptors (Lipinski definition) is 2. The summed E-state index contributed by atoms with van der Waals surface area (Å²) in [6.45, 7) is 6.89. The topological polar surface area (TPSA) is 40.5 Å². The van der Waals surface area contributed by atoms with E-state index in [1.165, 1.54) is 12.1 Å². The van der Waals surface area contributed by atoms with Gasteiger partial charge in [-0.3, -0.25) is 9.69 Å². The molecule has 1 fully saturated rings. The zero-order valence-electron chi connectivity index (χ0n) is 19.3. The highest BCUT2D eigenvalue weighted by molar-refractivity contribution is 6.76. The molecule has 0 saturated carbocycles. The molecule has 1 aromatic rings. The third kappa shape index (κ3) is 9.31. The quantitative estimate of drug-likeness (QED) is 0.286. The van der Waals surface area contributed by atoms with Gasteiger partial charge >= 0.3 is 18.3 Å². The number of hydrogen-bond donors (Lipinski definition) is 1. The highest BCUT2D eigenvalue weighted by Gasteiger charge is 2.38. The van der Waals surface area contributed by atoms with Gasteiger partial charge in [-0.1, -0.05) is 37.8 Å². The monoisotopic (exact) mass is 497 g/mol. The Morgan fingerprint density at radius 2 is 1.70 bits per heavy atom. The van der Waals surface area contributed by atoms with Gasteiger partial charge in [-0.15, -0.1) is 0 Å². The molecule has 0 bridgehead atoms. The van der Waals surface area contributed by atoms with E-state index >= 15 is 0 Å². The van der Waals surface area contributed by atoms with E-state index in [0.29, 0.717) is 31.4 Å². The second kappa shape index (κ2) is 10.8. The van der Waals surface area contributed by atoms with Crippen molar-refractivity contribution < 1.29 is 36.2 Å². The molecule has 3 atom stereocenters. The number of nitrogens with zero attached hydrogens (tertiary/aromatic N) is 1. The molecule has 1 saturated heterocycles. The molecule has 3 nitrogen and oxygen atoms in total. The number of carbonyl (C=O) groups is 1. The van der Waals surface area contributed by atoms with E-state index in [9.17, 15) is 36.2 Å². The van der Waals surface area contributed by atoms with E-state index in [0.717, 1.165) is 18.2 Å². The molecule has 0 spiro atoms. The molecule has 33 heavy (non-hydrogen) atoms. The minimum Gasteiger partial charge on any atom is -0.481 e. The fraction of sp³-hybridized carbons (Fsp3) is 0.696. The molecule has 1 heterocycles. The average molecular weight is 498 g/mol. The molecule has 10 heteroatoms. The first-order chi connectivity index (χ1) is 15.0. The molecule has 188 valence electrons. The van der Waals surface area contributed by atoms with Gasteiger partial charge < -0.3 is 5.11 Å². The van der Waals surface area contributed by atoms with Crippen molar-refractivity contribution in [2.24, 2.45) is 5.92 Å². The van der Waals surface area contributed by atoms with Crippen LogP contribution >= 0.6 is 0 Å². The van der Waals surface area contributed by atoms with Crippen molar-refractivity contribution in [3.63, 3.8) is 0 Å². The molecule has 1 aliphatic heterocycles. The lowest BCUT2D eigenvalue weighted by molar-refractivity contribution is -0.141. The van der Waals surface area contributed by atoms with Crippen LogP contribution in [0.5, 0.6) is 0 Å². The Morgan fingerprint density at radius 3 is 2.18 bits per heavy atom. The zero-order chi connectivity index (χ0) is 25.0. The number of benzene rings is 1. The van der Waals surface area contributed by atoms with Gasteiger partial charge in [-0.25, -0.2) is 0 Å². The van der Waals surface area contributed by atoms with Gasteiger partial charge in [0.25, 0.3) is 0 Å².